The average molecular weight is 603 g/mol. The summed E-state index contributed by atoms with van der Waals surface area (Å²) in [6.45, 7) is 5.97. The molecule has 3 amide bonds. The van der Waals surface area contributed by atoms with Gasteiger partial charge in [0.2, 0.25) is 5.91 Å². The van der Waals surface area contributed by atoms with E-state index in [0.29, 0.717) is 41.7 Å². The molecule has 5 rings (SSSR count). The van der Waals surface area contributed by atoms with Crippen LogP contribution in [0.1, 0.15) is 51.1 Å². The molecule has 2 aliphatic heterocycles. The summed E-state index contributed by atoms with van der Waals surface area (Å²) in [5.74, 6) is -0.835. The molecule has 3 aromatic rings. The lowest BCUT2D eigenvalue weighted by atomic mass is 9.98. The smallest absolute Gasteiger partial charge is 0.280 e. The third kappa shape index (κ3) is 6.41. The highest BCUT2D eigenvalue weighted by molar-refractivity contribution is 7.13. The number of halogens is 1. The van der Waals surface area contributed by atoms with Crippen LogP contribution in [0.3, 0.4) is 0 Å². The van der Waals surface area contributed by atoms with Crippen LogP contribution in [0.5, 0.6) is 0 Å². The molecule has 41 heavy (non-hydrogen) atoms. The average Bonchev–Trinajstić information content (AvgIpc) is 3.58. The largest absolute Gasteiger partial charge is 0.394 e. The minimum Gasteiger partial charge on any atom is -0.394 e. The molecule has 2 aliphatic rings. The van der Waals surface area contributed by atoms with Crippen molar-refractivity contribution in [1.82, 2.24) is 30.4 Å². The second-order valence-electron chi connectivity index (χ2n) is 11.2. The first-order valence-corrected chi connectivity index (χ1v) is 14.8. The van der Waals surface area contributed by atoms with Crippen molar-refractivity contribution in [3.05, 3.63) is 50.6 Å². The number of aromatic amines is 1. The Morgan fingerprint density at radius 1 is 1.20 bits per heavy atom. The molecule has 11 nitrogen and oxygen atoms in total. The molecule has 2 aromatic heterocycles. The number of nitrogens with zero attached hydrogens (tertiary/aromatic N) is 3. The zero-order valence-corrected chi connectivity index (χ0v) is 24.9. The zero-order valence-electron chi connectivity index (χ0n) is 23.3. The predicted octanol–water partition coefficient (Wildman–Crippen LogP) is 2.18. The van der Waals surface area contributed by atoms with E-state index >= 15 is 0 Å². The van der Waals surface area contributed by atoms with Gasteiger partial charge in [0.15, 0.2) is 5.01 Å². The Morgan fingerprint density at radius 2 is 1.98 bits per heavy atom. The topological polar surface area (TPSA) is 140 Å². The highest BCUT2D eigenvalue weighted by Gasteiger charge is 2.36. The zero-order chi connectivity index (χ0) is 29.3. The SMILES string of the molecule is COCC(=O)N1CCC(NC(=O)c2cc3cc(Cl)ccc3[nH]2)[C@H](NC(=O)c2nc3c(s2)CN(C(C)(C)CO)CC3)C1. The Kier molecular flexibility index (Phi) is 8.67. The first-order valence-electron chi connectivity index (χ1n) is 13.6. The lowest BCUT2D eigenvalue weighted by Crippen LogP contribution is -2.61. The molecular formula is C28H35ClN6O5S. The summed E-state index contributed by atoms with van der Waals surface area (Å²) in [6.07, 6.45) is 1.15. The third-order valence-corrected chi connectivity index (χ3v) is 9.18. The number of aromatic nitrogens is 2. The van der Waals surface area contributed by atoms with Crippen molar-refractivity contribution in [2.24, 2.45) is 0 Å². The fourth-order valence-corrected chi connectivity index (χ4v) is 6.53. The fourth-order valence-electron chi connectivity index (χ4n) is 5.32. The minimum absolute atomic E-state index is 0.0355. The maximum Gasteiger partial charge on any atom is 0.280 e. The number of amides is 3. The van der Waals surface area contributed by atoms with Crippen molar-refractivity contribution in [2.45, 2.75) is 50.9 Å². The second kappa shape index (κ2) is 12.1. The molecule has 0 bridgehead atoms. The Bertz CT molecular complexity index is 1450. The number of nitrogens with one attached hydrogen (secondary N) is 3. The minimum atomic E-state index is -0.537. The number of hydrogen-bond acceptors (Lipinski definition) is 8. The number of carbonyl (C=O) groups is 3. The van der Waals surface area contributed by atoms with Gasteiger partial charge in [0, 0.05) is 66.1 Å². The number of hydrogen-bond donors (Lipinski definition) is 4. The van der Waals surface area contributed by atoms with Crippen LogP contribution < -0.4 is 10.6 Å². The van der Waals surface area contributed by atoms with Crippen LogP contribution in [-0.2, 0) is 22.5 Å². The molecule has 4 heterocycles. The van der Waals surface area contributed by atoms with Gasteiger partial charge in [-0.25, -0.2) is 4.98 Å². The molecule has 0 spiro atoms. The third-order valence-electron chi connectivity index (χ3n) is 7.86. The quantitative estimate of drug-likeness (QED) is 0.310. The van der Waals surface area contributed by atoms with Gasteiger partial charge in [-0.05, 0) is 44.5 Å². The standard InChI is InChI=1S/C28H35ClN6O5S/c1-28(2,15-36)35-9-7-20-23(13-35)41-27(33-20)26(39)32-22-12-34(24(37)14-40-3)8-6-19(22)31-25(38)21-11-16-10-17(29)4-5-18(16)30-21/h4-5,10-11,19,22,30,36H,6-9,12-15H2,1-3H3,(H,31,38)(H,32,39)/t19?,22-/m1/s1. The number of benzene rings is 1. The van der Waals surface area contributed by atoms with Gasteiger partial charge in [-0.15, -0.1) is 11.3 Å². The number of H-pyrrole nitrogens is 1. The van der Waals surface area contributed by atoms with Crippen molar-refractivity contribution < 1.29 is 24.2 Å². The van der Waals surface area contributed by atoms with Crippen LogP contribution in [0.15, 0.2) is 24.3 Å². The fraction of sp³-hybridized carbons (Fsp3) is 0.500. The van der Waals surface area contributed by atoms with Gasteiger partial charge >= 0.3 is 0 Å². The normalized spacial score (nSPS) is 19.7. The van der Waals surface area contributed by atoms with Crippen LogP contribution in [0.4, 0.5) is 0 Å². The summed E-state index contributed by atoms with van der Waals surface area (Å²) in [7, 11) is 1.46. The van der Waals surface area contributed by atoms with Crippen LogP contribution in [0.2, 0.25) is 5.02 Å². The molecule has 1 saturated heterocycles. The number of aliphatic hydroxyl groups is 1. The number of ether oxygens (including phenoxy) is 1. The molecular weight excluding hydrogens is 568 g/mol. The predicted molar refractivity (Wildman–Crippen MR) is 156 cm³/mol. The number of fused-ring (bicyclic) bond motifs is 2. The van der Waals surface area contributed by atoms with E-state index in [1.54, 1.807) is 23.1 Å². The van der Waals surface area contributed by atoms with Crippen molar-refractivity contribution >= 4 is 51.6 Å². The van der Waals surface area contributed by atoms with E-state index in [-0.39, 0.29) is 43.0 Å². The summed E-state index contributed by atoms with van der Waals surface area (Å²) in [5.41, 5.74) is 1.70. The Hall–Kier alpha value is -3.03. The highest BCUT2D eigenvalue weighted by Crippen LogP contribution is 2.29. The Labute approximate surface area is 247 Å². The molecule has 0 aliphatic carbocycles. The molecule has 2 atom stereocenters. The van der Waals surface area contributed by atoms with E-state index in [1.807, 2.05) is 19.9 Å². The number of carbonyl (C=O) groups excluding carboxylic acids is 3. The number of thiazole rings is 1. The number of aliphatic hydroxyl groups excluding tert-OH is 1. The van der Waals surface area contributed by atoms with Crippen LogP contribution in [0, 0.1) is 0 Å². The summed E-state index contributed by atoms with van der Waals surface area (Å²) in [5, 5.41) is 17.6. The number of rotatable bonds is 8. The van der Waals surface area contributed by atoms with Crippen molar-refractivity contribution in [3.63, 3.8) is 0 Å². The van der Waals surface area contributed by atoms with E-state index in [2.05, 4.69) is 25.5 Å². The monoisotopic (exact) mass is 602 g/mol. The van der Waals surface area contributed by atoms with E-state index in [1.165, 1.54) is 18.4 Å². The first kappa shape index (κ1) is 29.5. The Morgan fingerprint density at radius 3 is 2.73 bits per heavy atom. The molecule has 1 aromatic carbocycles. The van der Waals surface area contributed by atoms with E-state index in [0.717, 1.165) is 28.0 Å². The van der Waals surface area contributed by atoms with Gasteiger partial charge in [-0.1, -0.05) is 11.6 Å². The molecule has 13 heteroatoms. The van der Waals surface area contributed by atoms with Crippen LogP contribution >= 0.6 is 22.9 Å². The maximum absolute atomic E-state index is 13.4. The van der Waals surface area contributed by atoms with E-state index in [4.69, 9.17) is 16.3 Å². The summed E-state index contributed by atoms with van der Waals surface area (Å²) in [4.78, 5) is 51.9. The number of methoxy groups -OCH3 is 1. The molecule has 1 unspecified atom stereocenters. The van der Waals surface area contributed by atoms with Crippen molar-refractivity contribution in [2.75, 3.05) is 40.0 Å². The van der Waals surface area contributed by atoms with E-state index in [9.17, 15) is 19.5 Å². The summed E-state index contributed by atoms with van der Waals surface area (Å²) < 4.78 is 5.03. The summed E-state index contributed by atoms with van der Waals surface area (Å²) in [6, 6.07) is 6.14. The van der Waals surface area contributed by atoms with Crippen LogP contribution in [-0.4, -0.2) is 100 Å². The molecule has 220 valence electrons. The van der Waals surface area contributed by atoms with Gasteiger partial charge < -0.3 is 30.4 Å². The summed E-state index contributed by atoms with van der Waals surface area (Å²) >= 11 is 7.44. The molecule has 4 N–H and O–H groups in total. The van der Waals surface area contributed by atoms with Crippen LogP contribution in [0.25, 0.3) is 10.9 Å². The lowest BCUT2D eigenvalue weighted by Gasteiger charge is -2.39. The van der Waals surface area contributed by atoms with Gasteiger partial charge in [0.1, 0.15) is 12.3 Å². The van der Waals surface area contributed by atoms with Crippen molar-refractivity contribution in [3.8, 4) is 0 Å². The van der Waals surface area contributed by atoms with Gasteiger partial charge in [-0.2, -0.15) is 0 Å². The number of likely N-dealkylation sites (tertiary alicyclic amines) is 1. The molecule has 1 fully saturated rings. The first-order chi connectivity index (χ1) is 19.6. The van der Waals surface area contributed by atoms with Crippen molar-refractivity contribution in [1.29, 1.82) is 0 Å². The van der Waals surface area contributed by atoms with Gasteiger partial charge in [-0.3, -0.25) is 19.3 Å². The molecule has 0 saturated carbocycles. The number of piperidine rings is 1. The second-order valence-corrected chi connectivity index (χ2v) is 12.7. The van der Waals surface area contributed by atoms with E-state index < -0.39 is 12.1 Å². The molecule has 0 radical (unpaired) electrons. The maximum atomic E-state index is 13.4. The highest BCUT2D eigenvalue weighted by atomic mass is 35.5. The van der Waals surface area contributed by atoms with Gasteiger partial charge in [0.05, 0.1) is 24.4 Å². The van der Waals surface area contributed by atoms with Gasteiger partial charge in [0.25, 0.3) is 11.8 Å². The Balaban J connectivity index is 1.32. The lowest BCUT2D eigenvalue weighted by molar-refractivity contribution is -0.136.